The molecule has 0 spiro atoms. The van der Waals surface area contributed by atoms with E-state index in [1.807, 2.05) is 13.8 Å². The third kappa shape index (κ3) is 15.2. The number of nitrogens with one attached hydrogen (secondary N) is 2. The number of ether oxygens (including phenoxy) is 4. The van der Waals surface area contributed by atoms with Crippen molar-refractivity contribution in [2.24, 2.45) is 0 Å². The highest BCUT2D eigenvalue weighted by atomic mass is 16.6. The lowest BCUT2D eigenvalue weighted by molar-refractivity contribution is -0.127. The topological polar surface area (TPSA) is 95.1 Å². The van der Waals surface area contributed by atoms with E-state index >= 15 is 0 Å². The highest BCUT2D eigenvalue weighted by Gasteiger charge is 1.99. The fraction of sp³-hybridized carbons (Fsp3) is 0.857. The first-order valence-corrected chi connectivity index (χ1v) is 7.55. The third-order valence-electron chi connectivity index (χ3n) is 2.33. The minimum Gasteiger partial charge on any atom is -0.377 e. The molecule has 0 unspecified atom stereocenters. The Labute approximate surface area is 131 Å². The minimum absolute atomic E-state index is 0.0522. The summed E-state index contributed by atoms with van der Waals surface area (Å²) in [6.45, 7) is 7.46. The minimum atomic E-state index is -0.126. The number of carbonyl (C=O) groups excluding carboxylic acids is 2. The van der Waals surface area contributed by atoms with Gasteiger partial charge in [0.25, 0.3) is 0 Å². The Morgan fingerprint density at radius 2 is 0.955 bits per heavy atom. The Balaban J connectivity index is 3.11. The van der Waals surface area contributed by atoms with E-state index in [1.165, 1.54) is 0 Å². The van der Waals surface area contributed by atoms with Gasteiger partial charge in [-0.1, -0.05) is 0 Å². The standard InChI is InChI=1S/C14H28N2O6/c1-3-15-13(17)11-21-9-7-19-5-6-20-8-10-22-12-14(18)16-4-2/h3-12H2,1-2H3,(H,15,17)(H,16,18). The van der Waals surface area contributed by atoms with Gasteiger partial charge in [-0.3, -0.25) is 9.59 Å². The lowest BCUT2D eigenvalue weighted by Gasteiger charge is -2.07. The summed E-state index contributed by atoms with van der Waals surface area (Å²) in [6.07, 6.45) is 0. The monoisotopic (exact) mass is 320 g/mol. The molecule has 0 heterocycles. The Bertz CT molecular complexity index is 261. The maximum absolute atomic E-state index is 11.0. The molecule has 2 amide bonds. The Morgan fingerprint density at radius 3 is 1.27 bits per heavy atom. The lowest BCUT2D eigenvalue weighted by Crippen LogP contribution is -2.28. The Hall–Kier alpha value is -1.22. The molecule has 0 aliphatic rings. The summed E-state index contributed by atoms with van der Waals surface area (Å²) < 4.78 is 20.8. The highest BCUT2D eigenvalue weighted by Crippen LogP contribution is 1.83. The Morgan fingerprint density at radius 1 is 0.636 bits per heavy atom. The summed E-state index contributed by atoms with van der Waals surface area (Å²) in [7, 11) is 0. The van der Waals surface area contributed by atoms with Crippen molar-refractivity contribution in [2.45, 2.75) is 13.8 Å². The van der Waals surface area contributed by atoms with E-state index in [9.17, 15) is 9.59 Å². The van der Waals surface area contributed by atoms with Crippen molar-refractivity contribution in [3.8, 4) is 0 Å². The molecule has 8 nitrogen and oxygen atoms in total. The number of likely N-dealkylation sites (N-methyl/N-ethyl adjacent to an activating group) is 2. The highest BCUT2D eigenvalue weighted by molar-refractivity contribution is 5.77. The summed E-state index contributed by atoms with van der Waals surface area (Å²) in [6, 6.07) is 0. The van der Waals surface area contributed by atoms with E-state index in [2.05, 4.69) is 10.6 Å². The van der Waals surface area contributed by atoms with Crippen LogP contribution in [0.5, 0.6) is 0 Å². The van der Waals surface area contributed by atoms with Gasteiger partial charge in [0.05, 0.1) is 39.6 Å². The first-order valence-electron chi connectivity index (χ1n) is 7.55. The molecule has 0 aromatic rings. The fourth-order valence-corrected chi connectivity index (χ4v) is 1.38. The first kappa shape index (κ1) is 20.8. The molecule has 0 saturated carbocycles. The zero-order valence-electron chi connectivity index (χ0n) is 13.5. The molecule has 0 fully saturated rings. The van der Waals surface area contributed by atoms with Crippen LogP contribution in [0.25, 0.3) is 0 Å². The summed E-state index contributed by atoms with van der Waals surface area (Å²) in [4.78, 5) is 22.1. The number of hydrogen-bond acceptors (Lipinski definition) is 6. The molecule has 2 N–H and O–H groups in total. The maximum Gasteiger partial charge on any atom is 0.245 e. The molecular weight excluding hydrogens is 292 g/mol. The van der Waals surface area contributed by atoms with Crippen LogP contribution < -0.4 is 10.6 Å². The van der Waals surface area contributed by atoms with Crippen LogP contribution in [-0.2, 0) is 28.5 Å². The molecule has 0 atom stereocenters. The van der Waals surface area contributed by atoms with Gasteiger partial charge < -0.3 is 29.6 Å². The van der Waals surface area contributed by atoms with Crippen LogP contribution >= 0.6 is 0 Å². The number of amides is 2. The van der Waals surface area contributed by atoms with Crippen molar-refractivity contribution < 1.29 is 28.5 Å². The summed E-state index contributed by atoms with van der Waals surface area (Å²) in [5.41, 5.74) is 0. The van der Waals surface area contributed by atoms with Crippen LogP contribution in [0.1, 0.15) is 13.8 Å². The molecule has 0 bridgehead atoms. The van der Waals surface area contributed by atoms with Crippen molar-refractivity contribution >= 4 is 11.8 Å². The molecule has 0 aromatic carbocycles. The van der Waals surface area contributed by atoms with Crippen molar-refractivity contribution in [2.75, 3.05) is 65.9 Å². The van der Waals surface area contributed by atoms with Crippen LogP contribution in [0.2, 0.25) is 0 Å². The normalized spacial score (nSPS) is 10.5. The van der Waals surface area contributed by atoms with E-state index < -0.39 is 0 Å². The molecule has 0 saturated heterocycles. The number of hydrogen-bond donors (Lipinski definition) is 2. The number of rotatable bonds is 15. The van der Waals surface area contributed by atoms with Crippen molar-refractivity contribution in [3.63, 3.8) is 0 Å². The van der Waals surface area contributed by atoms with Gasteiger partial charge in [0.1, 0.15) is 13.2 Å². The van der Waals surface area contributed by atoms with Gasteiger partial charge in [0.2, 0.25) is 11.8 Å². The van der Waals surface area contributed by atoms with Crippen molar-refractivity contribution in [1.82, 2.24) is 10.6 Å². The predicted octanol–water partition coefficient (Wildman–Crippen LogP) is -0.675. The smallest absolute Gasteiger partial charge is 0.245 e. The van der Waals surface area contributed by atoms with Crippen LogP contribution in [0.3, 0.4) is 0 Å². The van der Waals surface area contributed by atoms with Crippen molar-refractivity contribution in [3.05, 3.63) is 0 Å². The summed E-state index contributed by atoms with van der Waals surface area (Å²) in [5.74, 6) is -0.253. The summed E-state index contributed by atoms with van der Waals surface area (Å²) in [5, 5.41) is 5.27. The first-order chi connectivity index (χ1) is 10.7. The van der Waals surface area contributed by atoms with Gasteiger partial charge in [-0.25, -0.2) is 0 Å². The van der Waals surface area contributed by atoms with E-state index in [4.69, 9.17) is 18.9 Å². The SMILES string of the molecule is CCNC(=O)COCCOCCOCCOCC(=O)NCC. The van der Waals surface area contributed by atoms with Gasteiger partial charge in [-0.05, 0) is 13.8 Å². The van der Waals surface area contributed by atoms with E-state index in [0.29, 0.717) is 52.7 Å². The third-order valence-corrected chi connectivity index (χ3v) is 2.33. The zero-order chi connectivity index (χ0) is 16.5. The van der Waals surface area contributed by atoms with E-state index in [-0.39, 0.29) is 25.0 Å². The second kappa shape index (κ2) is 16.2. The molecular formula is C14H28N2O6. The van der Waals surface area contributed by atoms with Gasteiger partial charge in [0.15, 0.2) is 0 Å². The quantitative estimate of drug-likeness (QED) is 0.388. The van der Waals surface area contributed by atoms with Crippen LogP contribution in [0.15, 0.2) is 0 Å². The second-order valence-corrected chi connectivity index (χ2v) is 4.24. The van der Waals surface area contributed by atoms with Crippen LogP contribution in [0, 0.1) is 0 Å². The van der Waals surface area contributed by atoms with E-state index in [1.54, 1.807) is 0 Å². The molecule has 8 heteroatoms. The van der Waals surface area contributed by atoms with Crippen LogP contribution in [0.4, 0.5) is 0 Å². The van der Waals surface area contributed by atoms with Gasteiger partial charge in [-0.2, -0.15) is 0 Å². The Kier molecular flexibility index (Phi) is 15.3. The fourth-order valence-electron chi connectivity index (χ4n) is 1.38. The molecule has 0 aromatic heterocycles. The van der Waals surface area contributed by atoms with Crippen molar-refractivity contribution in [1.29, 1.82) is 0 Å². The molecule has 0 rings (SSSR count). The van der Waals surface area contributed by atoms with Gasteiger partial charge in [-0.15, -0.1) is 0 Å². The number of carbonyl (C=O) groups is 2. The molecule has 0 aliphatic heterocycles. The maximum atomic E-state index is 11.0. The average Bonchev–Trinajstić information content (AvgIpc) is 2.49. The summed E-state index contributed by atoms with van der Waals surface area (Å²) >= 11 is 0. The van der Waals surface area contributed by atoms with E-state index in [0.717, 1.165) is 0 Å². The van der Waals surface area contributed by atoms with Gasteiger partial charge in [0, 0.05) is 13.1 Å². The molecule has 0 aliphatic carbocycles. The molecule has 130 valence electrons. The second-order valence-electron chi connectivity index (χ2n) is 4.24. The van der Waals surface area contributed by atoms with Crippen LogP contribution in [-0.4, -0.2) is 77.8 Å². The lowest BCUT2D eigenvalue weighted by atomic mass is 10.6. The average molecular weight is 320 g/mol. The predicted molar refractivity (Wildman–Crippen MR) is 80.6 cm³/mol. The molecule has 0 radical (unpaired) electrons. The largest absolute Gasteiger partial charge is 0.377 e. The molecule has 22 heavy (non-hydrogen) atoms. The zero-order valence-corrected chi connectivity index (χ0v) is 13.5. The van der Waals surface area contributed by atoms with Gasteiger partial charge >= 0.3 is 0 Å².